The number of rotatable bonds is 1. The lowest BCUT2D eigenvalue weighted by Gasteiger charge is -2.46. The zero-order chi connectivity index (χ0) is 10.3. The Balaban J connectivity index is 2.33. The monoisotopic (exact) mass is 209 g/mol. The van der Waals surface area contributed by atoms with Gasteiger partial charge in [-0.05, 0) is 35.6 Å². The number of benzene rings is 1. The molecule has 14 heavy (non-hydrogen) atoms. The van der Waals surface area contributed by atoms with Crippen molar-refractivity contribution in [3.8, 4) is 0 Å². The molecule has 1 aliphatic rings. The molecule has 1 N–H and O–H groups in total. The normalized spacial score (nSPS) is 24.4. The summed E-state index contributed by atoms with van der Waals surface area (Å²) in [5.41, 5.74) is 2.90. The van der Waals surface area contributed by atoms with Crippen LogP contribution in [0.5, 0.6) is 0 Å². The second-order valence-corrected chi connectivity index (χ2v) is 5.30. The van der Waals surface area contributed by atoms with E-state index in [0.29, 0.717) is 11.5 Å². The Hall–Kier alpha value is -0.530. The van der Waals surface area contributed by atoms with Crippen molar-refractivity contribution in [1.82, 2.24) is 5.32 Å². The first-order valence-electron chi connectivity index (χ1n) is 4.99. The first-order chi connectivity index (χ1) is 6.49. The highest BCUT2D eigenvalue weighted by atomic mass is 35.5. The molecule has 0 aliphatic carbocycles. The summed E-state index contributed by atoms with van der Waals surface area (Å²) >= 11 is 6.04. The SMILES string of the molecule is Cc1cc(Cl)cc(C2NCC2(C)C)c1. The van der Waals surface area contributed by atoms with Crippen LogP contribution in [0.15, 0.2) is 18.2 Å². The molecular formula is C12H16ClN. The summed E-state index contributed by atoms with van der Waals surface area (Å²) in [6, 6.07) is 6.73. The molecule has 0 bridgehead atoms. The lowest BCUT2D eigenvalue weighted by atomic mass is 9.74. The van der Waals surface area contributed by atoms with Crippen molar-refractivity contribution in [3.05, 3.63) is 34.3 Å². The Morgan fingerprint density at radius 1 is 1.36 bits per heavy atom. The molecular weight excluding hydrogens is 194 g/mol. The van der Waals surface area contributed by atoms with Crippen LogP contribution < -0.4 is 5.32 Å². The van der Waals surface area contributed by atoms with Crippen molar-refractivity contribution in [3.63, 3.8) is 0 Å². The number of halogens is 1. The van der Waals surface area contributed by atoms with Gasteiger partial charge < -0.3 is 5.32 Å². The molecule has 2 heteroatoms. The van der Waals surface area contributed by atoms with Gasteiger partial charge in [-0.25, -0.2) is 0 Å². The smallest absolute Gasteiger partial charge is 0.0411 e. The molecule has 1 nitrogen and oxygen atoms in total. The van der Waals surface area contributed by atoms with Crippen LogP contribution in [0.1, 0.15) is 31.0 Å². The van der Waals surface area contributed by atoms with Crippen LogP contribution in [0, 0.1) is 12.3 Å². The van der Waals surface area contributed by atoms with Crippen LogP contribution in [0.2, 0.25) is 5.02 Å². The van der Waals surface area contributed by atoms with Crippen molar-refractivity contribution in [2.75, 3.05) is 6.54 Å². The number of aryl methyl sites for hydroxylation is 1. The van der Waals surface area contributed by atoms with Crippen LogP contribution in [0.25, 0.3) is 0 Å². The molecule has 1 atom stereocenters. The largest absolute Gasteiger partial charge is 0.309 e. The summed E-state index contributed by atoms with van der Waals surface area (Å²) in [5.74, 6) is 0. The third kappa shape index (κ3) is 1.67. The number of nitrogens with one attached hydrogen (secondary N) is 1. The zero-order valence-electron chi connectivity index (χ0n) is 8.89. The van der Waals surface area contributed by atoms with E-state index >= 15 is 0 Å². The van der Waals surface area contributed by atoms with Gasteiger partial charge in [0.15, 0.2) is 0 Å². The van der Waals surface area contributed by atoms with Crippen LogP contribution in [-0.2, 0) is 0 Å². The molecule has 0 amide bonds. The molecule has 1 aliphatic heterocycles. The van der Waals surface area contributed by atoms with Gasteiger partial charge >= 0.3 is 0 Å². The Morgan fingerprint density at radius 3 is 2.50 bits per heavy atom. The van der Waals surface area contributed by atoms with E-state index in [0.717, 1.165) is 11.6 Å². The second kappa shape index (κ2) is 3.25. The van der Waals surface area contributed by atoms with E-state index in [1.807, 2.05) is 6.07 Å². The van der Waals surface area contributed by atoms with Crippen molar-refractivity contribution >= 4 is 11.6 Å². The number of hydrogen-bond acceptors (Lipinski definition) is 1. The van der Waals surface area contributed by atoms with Crippen LogP contribution in [0.4, 0.5) is 0 Å². The highest BCUT2D eigenvalue weighted by molar-refractivity contribution is 6.30. The second-order valence-electron chi connectivity index (χ2n) is 4.86. The van der Waals surface area contributed by atoms with Crippen LogP contribution in [-0.4, -0.2) is 6.54 Å². The predicted octanol–water partition coefficient (Wildman–Crippen LogP) is 3.32. The molecule has 1 fully saturated rings. The Labute approximate surface area is 90.5 Å². The minimum Gasteiger partial charge on any atom is -0.309 e. The molecule has 0 aromatic heterocycles. The predicted molar refractivity (Wildman–Crippen MR) is 60.7 cm³/mol. The Kier molecular flexibility index (Phi) is 2.32. The molecule has 1 aromatic carbocycles. The van der Waals surface area contributed by atoms with Gasteiger partial charge in [-0.2, -0.15) is 0 Å². The molecule has 1 aromatic rings. The highest BCUT2D eigenvalue weighted by Gasteiger charge is 2.38. The van der Waals surface area contributed by atoms with E-state index in [-0.39, 0.29) is 0 Å². The van der Waals surface area contributed by atoms with Crippen molar-refractivity contribution in [1.29, 1.82) is 0 Å². The fraction of sp³-hybridized carbons (Fsp3) is 0.500. The van der Waals surface area contributed by atoms with E-state index < -0.39 is 0 Å². The van der Waals surface area contributed by atoms with Gasteiger partial charge in [0.25, 0.3) is 0 Å². The van der Waals surface area contributed by atoms with E-state index in [1.54, 1.807) is 0 Å². The summed E-state index contributed by atoms with van der Waals surface area (Å²) in [6.07, 6.45) is 0. The minimum absolute atomic E-state index is 0.358. The fourth-order valence-corrected chi connectivity index (χ4v) is 2.41. The maximum atomic E-state index is 6.04. The molecule has 1 heterocycles. The molecule has 0 saturated carbocycles. The van der Waals surface area contributed by atoms with Crippen molar-refractivity contribution < 1.29 is 0 Å². The Bertz CT molecular complexity index is 337. The summed E-state index contributed by atoms with van der Waals surface area (Å²) in [5, 5.41) is 4.29. The molecule has 0 radical (unpaired) electrons. The highest BCUT2D eigenvalue weighted by Crippen LogP contribution is 2.40. The van der Waals surface area contributed by atoms with Crippen LogP contribution >= 0.6 is 11.6 Å². The van der Waals surface area contributed by atoms with Crippen molar-refractivity contribution in [2.45, 2.75) is 26.8 Å². The average molecular weight is 210 g/mol. The number of hydrogen-bond donors (Lipinski definition) is 1. The maximum absolute atomic E-state index is 6.04. The zero-order valence-corrected chi connectivity index (χ0v) is 9.65. The van der Waals surface area contributed by atoms with E-state index in [9.17, 15) is 0 Å². The molecule has 1 unspecified atom stereocenters. The fourth-order valence-electron chi connectivity index (χ4n) is 2.11. The van der Waals surface area contributed by atoms with E-state index in [2.05, 4.69) is 38.2 Å². The van der Waals surface area contributed by atoms with Gasteiger partial charge in [0, 0.05) is 17.6 Å². The average Bonchev–Trinajstić information content (AvgIpc) is 2.00. The molecule has 1 saturated heterocycles. The third-order valence-corrected chi connectivity index (χ3v) is 3.16. The summed E-state index contributed by atoms with van der Waals surface area (Å²) < 4.78 is 0. The molecule has 0 spiro atoms. The molecule has 2 rings (SSSR count). The quantitative estimate of drug-likeness (QED) is 0.749. The lowest BCUT2D eigenvalue weighted by Crippen LogP contribution is -2.52. The van der Waals surface area contributed by atoms with Gasteiger partial charge in [0.2, 0.25) is 0 Å². The van der Waals surface area contributed by atoms with Gasteiger partial charge in [-0.1, -0.05) is 31.5 Å². The van der Waals surface area contributed by atoms with Gasteiger partial charge in [-0.15, -0.1) is 0 Å². The van der Waals surface area contributed by atoms with Gasteiger partial charge in [-0.3, -0.25) is 0 Å². The lowest BCUT2D eigenvalue weighted by molar-refractivity contribution is 0.128. The standard InChI is InChI=1S/C12H16ClN/c1-8-4-9(6-10(13)5-8)11-12(2,3)7-14-11/h4-6,11,14H,7H2,1-3H3. The van der Waals surface area contributed by atoms with E-state index in [1.165, 1.54) is 11.1 Å². The van der Waals surface area contributed by atoms with Crippen molar-refractivity contribution in [2.24, 2.45) is 5.41 Å². The summed E-state index contributed by atoms with van der Waals surface area (Å²) in [6.45, 7) is 7.74. The summed E-state index contributed by atoms with van der Waals surface area (Å²) in [4.78, 5) is 0. The first-order valence-corrected chi connectivity index (χ1v) is 5.37. The first kappa shape index (κ1) is 10.0. The van der Waals surface area contributed by atoms with Crippen LogP contribution in [0.3, 0.4) is 0 Å². The molecule has 76 valence electrons. The Morgan fingerprint density at radius 2 is 2.07 bits per heavy atom. The topological polar surface area (TPSA) is 12.0 Å². The van der Waals surface area contributed by atoms with Gasteiger partial charge in [0.1, 0.15) is 0 Å². The minimum atomic E-state index is 0.358. The third-order valence-electron chi connectivity index (χ3n) is 2.94. The van der Waals surface area contributed by atoms with E-state index in [4.69, 9.17) is 11.6 Å². The van der Waals surface area contributed by atoms with Gasteiger partial charge in [0.05, 0.1) is 0 Å². The maximum Gasteiger partial charge on any atom is 0.0411 e. The summed E-state index contributed by atoms with van der Waals surface area (Å²) in [7, 11) is 0.